The number of rotatable bonds is 9. The van der Waals surface area contributed by atoms with Gasteiger partial charge in [-0.3, -0.25) is 9.55 Å². The van der Waals surface area contributed by atoms with Gasteiger partial charge in [0, 0.05) is 37.9 Å². The summed E-state index contributed by atoms with van der Waals surface area (Å²) < 4.78 is 4.59. The summed E-state index contributed by atoms with van der Waals surface area (Å²) in [6, 6.07) is 60.3. The Hall–Kier alpha value is -7.32. The molecule has 0 unspecified atom stereocenters. The van der Waals surface area contributed by atoms with Crippen LogP contribution in [0.25, 0.3) is 89.6 Å². The van der Waals surface area contributed by atoms with E-state index in [1.165, 1.54) is 27.8 Å². The number of phenolic OH excluding ortho intramolecular Hbond substituents is 1. The van der Waals surface area contributed by atoms with Gasteiger partial charge in [-0.15, -0.1) is 29.3 Å². The Balaban J connectivity index is 0.00000774. The van der Waals surface area contributed by atoms with Gasteiger partial charge in [-0.25, -0.2) is 4.98 Å². The van der Waals surface area contributed by atoms with Crippen molar-refractivity contribution in [1.29, 1.82) is 5.26 Å². The monoisotopic (exact) mass is 1230 g/mol. The molecule has 2 heterocycles. The molecule has 8 aromatic carbocycles. The molecule has 0 saturated carbocycles. The molecular weight excluding hydrogens is 1160 g/mol. The summed E-state index contributed by atoms with van der Waals surface area (Å²) in [6.45, 7) is 35.9. The predicted molar refractivity (Wildman–Crippen MR) is 331 cm³/mol. The molecule has 1 N–H and O–H groups in total. The number of nitrogens with zero attached hydrogens (tertiary/aromatic N) is 5. The summed E-state index contributed by atoms with van der Waals surface area (Å²) >= 11 is 0. The van der Waals surface area contributed by atoms with E-state index in [1.807, 2.05) is 18.2 Å². The minimum Gasteiger partial charge on any atom is -0.507 e. The van der Waals surface area contributed by atoms with Crippen LogP contribution in [-0.2, 0) is 42.7 Å². The molecule has 0 atom stereocenters. The number of aromatic hydroxyl groups is 1. The van der Waals surface area contributed by atoms with E-state index in [0.717, 1.165) is 83.8 Å². The molecule has 0 aliphatic carbocycles. The minimum absolute atomic E-state index is 0. The molecule has 10 rings (SSSR count). The molecule has 0 bridgehead atoms. The number of para-hydroxylation sites is 1. The van der Waals surface area contributed by atoms with E-state index in [4.69, 9.17) is 9.97 Å². The van der Waals surface area contributed by atoms with Gasteiger partial charge in [0.15, 0.2) is 0 Å². The number of fused-ring (bicyclic) bond motifs is 2. The third kappa shape index (κ3) is 10.7. The summed E-state index contributed by atoms with van der Waals surface area (Å²) in [5.41, 5.74) is 19.5. The van der Waals surface area contributed by atoms with Gasteiger partial charge in [0.05, 0.1) is 50.8 Å². The maximum absolute atomic E-state index is 12.9. The van der Waals surface area contributed by atoms with Crippen LogP contribution >= 0.6 is 0 Å². The fourth-order valence-electron chi connectivity index (χ4n) is 11.0. The second-order valence-electron chi connectivity index (χ2n) is 26.4. The minimum atomic E-state index is -0.368. The van der Waals surface area contributed by atoms with E-state index in [2.05, 4.69) is 266 Å². The van der Waals surface area contributed by atoms with Crippen molar-refractivity contribution in [2.75, 3.05) is 0 Å². The second kappa shape index (κ2) is 21.3. The van der Waals surface area contributed by atoms with Crippen molar-refractivity contribution in [2.24, 2.45) is 0 Å². The number of imidazole rings is 2. The average Bonchev–Trinajstić information content (AvgIpc) is 3.99. The van der Waals surface area contributed by atoms with Gasteiger partial charge in [-0.05, 0) is 127 Å². The fraction of sp³-hybridized carbons (Fsp3) is 0.301. The van der Waals surface area contributed by atoms with Crippen LogP contribution in [0.4, 0.5) is 0 Å². The molecule has 6 nitrogen and oxygen atoms in total. The van der Waals surface area contributed by atoms with Gasteiger partial charge in [-0.2, -0.15) is 5.26 Å². The maximum atomic E-state index is 12.9. The summed E-state index contributed by atoms with van der Waals surface area (Å²) in [5, 5.41) is 23.2. The van der Waals surface area contributed by atoms with Gasteiger partial charge in [0.1, 0.15) is 11.6 Å². The van der Waals surface area contributed by atoms with E-state index in [0.29, 0.717) is 17.0 Å². The van der Waals surface area contributed by atoms with Crippen molar-refractivity contribution < 1.29 is 26.2 Å². The van der Waals surface area contributed by atoms with Gasteiger partial charge >= 0.3 is 0 Å². The van der Waals surface area contributed by atoms with Crippen LogP contribution in [0.3, 0.4) is 0 Å². The van der Waals surface area contributed by atoms with Crippen molar-refractivity contribution in [2.45, 2.75) is 144 Å². The number of nitriles is 1. The average molecular weight is 1230 g/mol. The normalized spacial score (nSPS) is 12.4. The van der Waals surface area contributed by atoms with Crippen molar-refractivity contribution >= 4 is 22.1 Å². The first-order valence-electron chi connectivity index (χ1n) is 28.1. The molecular formula is C73H76N5OPt-. The second-order valence-corrected chi connectivity index (χ2v) is 26.4. The SMILES string of the molecule is CC(C)c1cc(-c2ccccc2)cc(C(C)C)c1-n1c(-c2cc(C(C)(C)C)cc(C(C)(C)C)c2O)nc2c(-c3[c-]c(-c4nc5ccc(C#N)cc5n4-c4ccc(C(C)(C)C)cc4-c4ccccc4)cc(C(C)(C)C)c3)cccc21.[Pt]. The van der Waals surface area contributed by atoms with Crippen LogP contribution in [0, 0.1) is 17.4 Å². The van der Waals surface area contributed by atoms with Crippen LogP contribution < -0.4 is 0 Å². The molecule has 0 amide bonds. The largest absolute Gasteiger partial charge is 0.507 e. The van der Waals surface area contributed by atoms with Crippen molar-refractivity contribution in [1.82, 2.24) is 19.1 Å². The Morgan fingerprint density at radius 2 is 1.06 bits per heavy atom. The number of hydrogen-bond donors (Lipinski definition) is 1. The predicted octanol–water partition coefficient (Wildman–Crippen LogP) is 19.5. The number of benzene rings is 8. The first kappa shape index (κ1) is 57.4. The third-order valence-electron chi connectivity index (χ3n) is 15.7. The number of aromatic nitrogens is 4. The Labute approximate surface area is 489 Å². The van der Waals surface area contributed by atoms with Crippen LogP contribution in [-0.4, -0.2) is 24.2 Å². The molecule has 410 valence electrons. The summed E-state index contributed by atoms with van der Waals surface area (Å²) in [4.78, 5) is 11.3. The summed E-state index contributed by atoms with van der Waals surface area (Å²) in [6.07, 6.45) is 0. The molecule has 0 fully saturated rings. The van der Waals surface area contributed by atoms with E-state index in [9.17, 15) is 10.4 Å². The quantitative estimate of drug-likeness (QED) is 0.146. The third-order valence-corrected chi connectivity index (χ3v) is 15.7. The van der Waals surface area contributed by atoms with Crippen molar-refractivity contribution in [3.8, 4) is 79.3 Å². The molecule has 80 heavy (non-hydrogen) atoms. The first-order chi connectivity index (χ1) is 37.2. The summed E-state index contributed by atoms with van der Waals surface area (Å²) in [5.74, 6) is 1.92. The van der Waals surface area contributed by atoms with E-state index < -0.39 is 0 Å². The Morgan fingerprint density at radius 1 is 0.487 bits per heavy atom. The first-order valence-corrected chi connectivity index (χ1v) is 28.1. The van der Waals surface area contributed by atoms with E-state index in [-0.39, 0.29) is 60.3 Å². The molecule has 0 aliphatic rings. The van der Waals surface area contributed by atoms with Crippen LogP contribution in [0.15, 0.2) is 152 Å². The maximum Gasteiger partial charge on any atom is 0.148 e. The van der Waals surface area contributed by atoms with E-state index >= 15 is 0 Å². The standard InChI is InChI=1S/C73H76N5O.Pt/c1-44(2)56-38-49(47-24-19-17-20-25-47)39-57(45(3)4)66(56)78-63-29-23-28-55(65(63)76-69(78)59-41-54(72(11,12)13)42-60(67(59)79)73(14,15)16)50-35-51(37-53(36-50)71(8,9)10)68-75-61-32-30-46(43-74)34-64(61)77(68)62-33-31-52(70(5,6)7)40-58(62)48-26-21-18-22-27-48;/h17-34,36-42,44-45,79H,1-16H3;/q-1;. The van der Waals surface area contributed by atoms with Crippen LogP contribution in [0.5, 0.6) is 5.75 Å². The van der Waals surface area contributed by atoms with Crippen LogP contribution in [0.1, 0.15) is 162 Å². The van der Waals surface area contributed by atoms with Crippen molar-refractivity contribution in [3.05, 3.63) is 197 Å². The summed E-state index contributed by atoms with van der Waals surface area (Å²) in [7, 11) is 0. The molecule has 0 spiro atoms. The van der Waals surface area contributed by atoms with Gasteiger partial charge in [0.25, 0.3) is 0 Å². The van der Waals surface area contributed by atoms with Gasteiger partial charge in [0.2, 0.25) is 0 Å². The Morgan fingerprint density at radius 3 is 1.64 bits per heavy atom. The Bertz CT molecular complexity index is 3980. The number of phenols is 1. The Kier molecular flexibility index (Phi) is 15.3. The molecule has 0 saturated heterocycles. The topological polar surface area (TPSA) is 79.7 Å². The van der Waals surface area contributed by atoms with E-state index in [1.54, 1.807) is 0 Å². The molecule has 2 aromatic heterocycles. The smallest absolute Gasteiger partial charge is 0.148 e. The zero-order chi connectivity index (χ0) is 56.7. The molecule has 10 aromatic rings. The zero-order valence-electron chi connectivity index (χ0n) is 49.6. The van der Waals surface area contributed by atoms with Gasteiger partial charge < -0.3 is 9.67 Å². The molecule has 7 heteroatoms. The molecule has 0 aliphatic heterocycles. The molecule has 0 radical (unpaired) electrons. The zero-order valence-corrected chi connectivity index (χ0v) is 51.9. The fourth-order valence-corrected chi connectivity index (χ4v) is 11.0. The number of hydrogen-bond acceptors (Lipinski definition) is 4. The van der Waals surface area contributed by atoms with Crippen molar-refractivity contribution in [3.63, 3.8) is 0 Å². The van der Waals surface area contributed by atoms with Crippen LogP contribution in [0.2, 0.25) is 0 Å². The van der Waals surface area contributed by atoms with Gasteiger partial charge in [-0.1, -0.05) is 207 Å².